The number of aromatic nitrogens is 1. The van der Waals surface area contributed by atoms with E-state index in [9.17, 15) is 4.79 Å². The van der Waals surface area contributed by atoms with Gasteiger partial charge in [0.1, 0.15) is 0 Å². The van der Waals surface area contributed by atoms with Gasteiger partial charge >= 0.3 is 0 Å². The molecular formula is C22H25N3OS. The molecule has 3 heterocycles. The lowest BCUT2D eigenvalue weighted by Crippen LogP contribution is -2.62. The second kappa shape index (κ2) is 6.28. The molecule has 0 radical (unpaired) electrons. The van der Waals surface area contributed by atoms with Gasteiger partial charge in [0.2, 0.25) is 0 Å². The molecule has 4 nitrogen and oxygen atoms in total. The molecule has 5 rings (SSSR count). The van der Waals surface area contributed by atoms with E-state index in [2.05, 4.69) is 41.8 Å². The van der Waals surface area contributed by atoms with Crippen molar-refractivity contribution in [3.8, 4) is 10.6 Å². The summed E-state index contributed by atoms with van der Waals surface area (Å²) in [6.07, 6.45) is 2.57. The lowest BCUT2D eigenvalue weighted by atomic mass is 9.71. The molecular weight excluding hydrogens is 354 g/mol. The number of nitrogens with zero attached hydrogens (tertiary/aromatic N) is 3. The lowest BCUT2D eigenvalue weighted by molar-refractivity contribution is -0.0380. The predicted octanol–water partition coefficient (Wildman–Crippen LogP) is 4.07. The van der Waals surface area contributed by atoms with Gasteiger partial charge in [-0.05, 0) is 62.4 Å². The lowest BCUT2D eigenvalue weighted by Gasteiger charge is -2.56. The number of hydrogen-bond acceptors (Lipinski definition) is 5. The Morgan fingerprint density at radius 3 is 2.59 bits per heavy atom. The van der Waals surface area contributed by atoms with Crippen LogP contribution in [0.1, 0.15) is 26.7 Å². The molecule has 0 unspecified atom stereocenters. The average Bonchev–Trinajstić information content (AvgIpc) is 2.64. The van der Waals surface area contributed by atoms with Crippen LogP contribution in [0, 0.1) is 5.41 Å². The molecule has 0 amide bonds. The van der Waals surface area contributed by atoms with Crippen LogP contribution in [0.25, 0.3) is 20.8 Å². The van der Waals surface area contributed by atoms with Gasteiger partial charge in [-0.2, -0.15) is 0 Å². The van der Waals surface area contributed by atoms with Crippen molar-refractivity contribution in [2.24, 2.45) is 5.41 Å². The largest absolute Gasteiger partial charge is 0.371 e. The van der Waals surface area contributed by atoms with Crippen LogP contribution in [-0.4, -0.2) is 42.1 Å². The number of rotatable bonds is 2. The number of piperidine rings is 1. The van der Waals surface area contributed by atoms with Crippen LogP contribution in [0.4, 0.5) is 5.69 Å². The van der Waals surface area contributed by atoms with Gasteiger partial charge < -0.3 is 4.90 Å². The maximum Gasteiger partial charge on any atom is 0.180 e. The first-order chi connectivity index (χ1) is 13.0. The van der Waals surface area contributed by atoms with Crippen LogP contribution in [0.3, 0.4) is 0 Å². The van der Waals surface area contributed by atoms with E-state index in [0.29, 0.717) is 11.5 Å². The van der Waals surface area contributed by atoms with Crippen molar-refractivity contribution in [1.82, 2.24) is 9.88 Å². The highest BCUT2D eigenvalue weighted by Crippen LogP contribution is 2.42. The first-order valence-corrected chi connectivity index (χ1v) is 10.7. The molecule has 1 aromatic rings. The molecule has 0 bridgehead atoms. The van der Waals surface area contributed by atoms with Crippen LogP contribution in [0.15, 0.2) is 41.2 Å². The zero-order valence-corrected chi connectivity index (χ0v) is 16.8. The van der Waals surface area contributed by atoms with Crippen molar-refractivity contribution < 1.29 is 0 Å². The van der Waals surface area contributed by atoms with E-state index in [1.165, 1.54) is 31.6 Å². The van der Waals surface area contributed by atoms with Crippen molar-refractivity contribution in [3.63, 3.8) is 0 Å². The number of likely N-dealkylation sites (tertiary alicyclic amines) is 1. The first-order valence-electron chi connectivity index (χ1n) is 9.85. The van der Waals surface area contributed by atoms with E-state index in [1.54, 1.807) is 23.5 Å². The predicted molar refractivity (Wildman–Crippen MR) is 113 cm³/mol. The number of anilines is 1. The highest BCUT2D eigenvalue weighted by Gasteiger charge is 2.45. The van der Waals surface area contributed by atoms with Gasteiger partial charge in [0.25, 0.3) is 0 Å². The minimum Gasteiger partial charge on any atom is -0.371 e. The summed E-state index contributed by atoms with van der Waals surface area (Å²) in [6.45, 7) is 9.40. The molecule has 0 atom stereocenters. The summed E-state index contributed by atoms with van der Waals surface area (Å²) >= 11 is 1.67. The van der Waals surface area contributed by atoms with Crippen molar-refractivity contribution in [3.05, 3.63) is 46.6 Å². The second-order valence-electron chi connectivity index (χ2n) is 8.48. The van der Waals surface area contributed by atoms with E-state index >= 15 is 0 Å². The van der Waals surface area contributed by atoms with Gasteiger partial charge in [-0.25, -0.2) is 4.98 Å². The van der Waals surface area contributed by atoms with Gasteiger partial charge in [0.15, 0.2) is 5.43 Å². The average molecular weight is 380 g/mol. The van der Waals surface area contributed by atoms with E-state index in [4.69, 9.17) is 4.98 Å². The molecule has 1 aliphatic carbocycles. The Bertz CT molecular complexity index is 1010. The van der Waals surface area contributed by atoms with Crippen molar-refractivity contribution >= 4 is 27.2 Å². The van der Waals surface area contributed by atoms with Gasteiger partial charge in [-0.3, -0.25) is 9.69 Å². The zero-order valence-electron chi connectivity index (χ0n) is 15.9. The number of benzene rings is 2. The molecule has 0 N–H and O–H groups in total. The zero-order chi connectivity index (χ0) is 18.6. The molecule has 0 aromatic heterocycles. The third kappa shape index (κ3) is 3.03. The smallest absolute Gasteiger partial charge is 0.180 e. The van der Waals surface area contributed by atoms with E-state index in [0.717, 1.165) is 33.9 Å². The van der Waals surface area contributed by atoms with Crippen molar-refractivity contribution in [1.29, 1.82) is 0 Å². The molecule has 1 aromatic carbocycles. The second-order valence-corrected chi connectivity index (χ2v) is 9.56. The van der Waals surface area contributed by atoms with Crippen molar-refractivity contribution in [2.45, 2.75) is 32.7 Å². The van der Waals surface area contributed by atoms with Crippen LogP contribution in [-0.2, 0) is 0 Å². The number of hydrogen-bond donors (Lipinski definition) is 0. The van der Waals surface area contributed by atoms with E-state index < -0.39 is 0 Å². The fourth-order valence-corrected chi connectivity index (χ4v) is 5.55. The maximum absolute atomic E-state index is 11.7. The molecule has 3 aliphatic heterocycles. The quantitative estimate of drug-likeness (QED) is 0.629. The first kappa shape index (κ1) is 17.1. The summed E-state index contributed by atoms with van der Waals surface area (Å²) in [7, 11) is 0. The highest BCUT2D eigenvalue weighted by atomic mass is 32.1. The van der Waals surface area contributed by atoms with Crippen LogP contribution in [0.2, 0.25) is 0 Å². The Kier molecular flexibility index (Phi) is 3.99. The standard InChI is InChI=1S/C22H25N3OS/c1-15(2)25-13-22(14-25)7-9-24(10-8-22)16-3-5-18-20(11-16)27-21-12-17(26)4-6-19(21)23-18/h3-6,11-12,15H,7-10,13-14H2,1-2H3. The molecule has 4 aliphatic rings. The highest BCUT2D eigenvalue weighted by molar-refractivity contribution is 7.21. The van der Waals surface area contributed by atoms with E-state index in [1.807, 2.05) is 6.07 Å². The van der Waals surface area contributed by atoms with Crippen LogP contribution < -0.4 is 10.3 Å². The molecule has 2 saturated heterocycles. The normalized spacial score (nSPS) is 19.9. The summed E-state index contributed by atoms with van der Waals surface area (Å²) in [5.41, 5.74) is 3.80. The molecule has 140 valence electrons. The summed E-state index contributed by atoms with van der Waals surface area (Å²) in [5, 5.41) is 0. The molecule has 27 heavy (non-hydrogen) atoms. The van der Waals surface area contributed by atoms with Gasteiger partial charge in [-0.1, -0.05) is 0 Å². The Balaban J connectivity index is 1.37. The molecule has 1 spiro atoms. The van der Waals surface area contributed by atoms with Gasteiger partial charge in [-0.15, -0.1) is 11.3 Å². The summed E-state index contributed by atoms with van der Waals surface area (Å²) in [6, 6.07) is 12.4. The summed E-state index contributed by atoms with van der Waals surface area (Å²) < 4.78 is 1.15. The monoisotopic (exact) mass is 379 g/mol. The maximum atomic E-state index is 11.7. The van der Waals surface area contributed by atoms with Gasteiger partial charge in [0.05, 0.1) is 20.8 Å². The third-order valence-corrected chi connectivity index (χ3v) is 7.43. The Morgan fingerprint density at radius 1 is 1.07 bits per heavy atom. The van der Waals surface area contributed by atoms with Crippen LogP contribution in [0.5, 0.6) is 0 Å². The Hall–Kier alpha value is -1.98. The third-order valence-electron chi connectivity index (χ3n) is 6.33. The Labute approximate surface area is 163 Å². The summed E-state index contributed by atoms with van der Waals surface area (Å²) in [5.74, 6) is 0. The fraction of sp³-hybridized carbons (Fsp3) is 0.455. The van der Waals surface area contributed by atoms with E-state index in [-0.39, 0.29) is 5.43 Å². The van der Waals surface area contributed by atoms with Gasteiger partial charge in [0, 0.05) is 44.0 Å². The van der Waals surface area contributed by atoms with Crippen molar-refractivity contribution in [2.75, 3.05) is 31.1 Å². The summed E-state index contributed by atoms with van der Waals surface area (Å²) in [4.78, 5) is 22.5. The Morgan fingerprint density at radius 2 is 1.85 bits per heavy atom. The molecule has 0 saturated carbocycles. The fourth-order valence-electron chi connectivity index (χ4n) is 4.53. The molecule has 5 heteroatoms. The topological polar surface area (TPSA) is 36.4 Å². The minimum absolute atomic E-state index is 0.0494. The van der Waals surface area contributed by atoms with Crippen LogP contribution >= 0.6 is 11.3 Å². The SMILES string of the molecule is CC(C)N1CC2(CCN(c3ccc4nc5ccc(=O)cc-5sc4c3)CC2)C1. The minimum atomic E-state index is 0.0494. The number of fused-ring (bicyclic) bond motifs is 2. The molecule has 2 fully saturated rings.